The highest BCUT2D eigenvalue weighted by atomic mass is 32.1. The topological polar surface area (TPSA) is 101 Å². The third kappa shape index (κ3) is 4.96. The van der Waals surface area contributed by atoms with E-state index in [0.717, 1.165) is 11.5 Å². The van der Waals surface area contributed by atoms with Crippen LogP contribution in [0.25, 0.3) is 5.57 Å². The second-order valence-corrected chi connectivity index (χ2v) is 5.63. The van der Waals surface area contributed by atoms with E-state index in [1.807, 2.05) is 6.92 Å². The van der Waals surface area contributed by atoms with Gasteiger partial charge in [-0.1, -0.05) is 13.0 Å². The number of hydrogen-bond donors (Lipinski definition) is 2. The molecule has 0 fully saturated rings. The molecule has 2 N–H and O–H groups in total. The van der Waals surface area contributed by atoms with E-state index in [1.54, 1.807) is 20.8 Å². The molecule has 0 bridgehead atoms. The number of carbonyl (C=O) groups excluding carboxylic acids is 1. The van der Waals surface area contributed by atoms with Gasteiger partial charge in [-0.3, -0.25) is 5.32 Å². The van der Waals surface area contributed by atoms with E-state index >= 15 is 0 Å². The summed E-state index contributed by atoms with van der Waals surface area (Å²) in [5.41, 5.74) is -0.604. The summed E-state index contributed by atoms with van der Waals surface area (Å²) < 4.78 is 8.98. The first-order valence-electron chi connectivity index (χ1n) is 6.00. The van der Waals surface area contributed by atoms with Gasteiger partial charge in [-0.05, 0) is 27.2 Å². The number of carboxylic acids is 1. The van der Waals surface area contributed by atoms with Crippen molar-refractivity contribution in [3.05, 3.63) is 11.9 Å². The van der Waals surface area contributed by atoms with Crippen molar-refractivity contribution in [1.82, 2.24) is 9.36 Å². The summed E-state index contributed by atoms with van der Waals surface area (Å²) in [4.78, 5) is 26.6. The van der Waals surface area contributed by atoms with E-state index in [4.69, 9.17) is 9.84 Å². The van der Waals surface area contributed by atoms with E-state index in [1.165, 1.54) is 6.08 Å². The van der Waals surface area contributed by atoms with Crippen molar-refractivity contribution in [2.24, 2.45) is 0 Å². The fourth-order valence-corrected chi connectivity index (χ4v) is 1.82. The Hall–Kier alpha value is -1.96. The van der Waals surface area contributed by atoms with Crippen LogP contribution in [0, 0.1) is 0 Å². The van der Waals surface area contributed by atoms with Gasteiger partial charge in [0.2, 0.25) is 5.13 Å². The van der Waals surface area contributed by atoms with Gasteiger partial charge in [0.25, 0.3) is 0 Å². The second-order valence-electron chi connectivity index (χ2n) is 4.88. The van der Waals surface area contributed by atoms with Crippen molar-refractivity contribution >= 4 is 34.3 Å². The molecule has 0 unspecified atom stereocenters. The summed E-state index contributed by atoms with van der Waals surface area (Å²) in [6.45, 7) is 7.04. The Balaban J connectivity index is 2.80. The number of nitrogens with one attached hydrogen (secondary N) is 1. The molecular weight excluding hydrogens is 282 g/mol. The Bertz CT molecular complexity index is 531. The zero-order valence-electron chi connectivity index (χ0n) is 11.8. The first kappa shape index (κ1) is 16.1. The average Bonchev–Trinajstić information content (AvgIpc) is 2.70. The van der Waals surface area contributed by atoms with E-state index in [9.17, 15) is 9.59 Å². The van der Waals surface area contributed by atoms with Crippen LogP contribution >= 0.6 is 11.5 Å². The van der Waals surface area contributed by atoms with Crippen LogP contribution in [0.1, 0.15) is 39.9 Å². The Morgan fingerprint density at radius 2 is 2.10 bits per heavy atom. The Kier molecular flexibility index (Phi) is 5.20. The van der Waals surface area contributed by atoms with Gasteiger partial charge < -0.3 is 9.84 Å². The number of rotatable bonds is 4. The van der Waals surface area contributed by atoms with E-state index < -0.39 is 17.7 Å². The lowest BCUT2D eigenvalue weighted by Crippen LogP contribution is -2.27. The van der Waals surface area contributed by atoms with Gasteiger partial charge in [0.05, 0.1) is 0 Å². The molecule has 0 saturated heterocycles. The molecule has 0 radical (unpaired) electrons. The first-order valence-corrected chi connectivity index (χ1v) is 6.78. The maximum absolute atomic E-state index is 11.5. The number of hydrogen-bond acceptors (Lipinski definition) is 6. The monoisotopic (exact) mass is 299 g/mol. The van der Waals surface area contributed by atoms with Crippen molar-refractivity contribution in [2.45, 2.75) is 39.7 Å². The molecular formula is C12H17N3O4S. The Morgan fingerprint density at radius 1 is 1.45 bits per heavy atom. The molecule has 1 aromatic rings. The molecule has 20 heavy (non-hydrogen) atoms. The normalized spacial score (nSPS) is 12.1. The molecule has 1 amide bonds. The number of carbonyl (C=O) groups is 2. The van der Waals surface area contributed by atoms with Gasteiger partial charge in [-0.25, -0.2) is 9.59 Å². The summed E-state index contributed by atoms with van der Waals surface area (Å²) in [7, 11) is 0. The van der Waals surface area contributed by atoms with Gasteiger partial charge in [0.15, 0.2) is 5.82 Å². The summed E-state index contributed by atoms with van der Waals surface area (Å²) in [6.07, 6.45) is 1.41. The minimum Gasteiger partial charge on any atom is -0.478 e. The van der Waals surface area contributed by atoms with Gasteiger partial charge in [0.1, 0.15) is 11.2 Å². The number of allylic oxidation sites excluding steroid dienone is 1. The average molecular weight is 299 g/mol. The predicted octanol–water partition coefficient (Wildman–Crippen LogP) is 2.76. The lowest BCUT2D eigenvalue weighted by Gasteiger charge is -2.18. The minimum atomic E-state index is -1.10. The maximum Gasteiger partial charge on any atom is 0.414 e. The molecule has 0 aliphatic rings. The van der Waals surface area contributed by atoms with Crippen LogP contribution in [-0.4, -0.2) is 32.1 Å². The van der Waals surface area contributed by atoms with Crippen molar-refractivity contribution < 1.29 is 19.4 Å². The van der Waals surface area contributed by atoms with Crippen LogP contribution in [0.5, 0.6) is 0 Å². The molecule has 0 aliphatic heterocycles. The Labute approximate surface area is 120 Å². The third-order valence-electron chi connectivity index (χ3n) is 1.91. The van der Waals surface area contributed by atoms with Gasteiger partial charge in [-0.2, -0.15) is 9.36 Å². The fraction of sp³-hybridized carbons (Fsp3) is 0.500. The highest BCUT2D eigenvalue weighted by Crippen LogP contribution is 2.19. The molecule has 0 aromatic carbocycles. The van der Waals surface area contributed by atoms with E-state index in [0.29, 0.717) is 6.42 Å². The highest BCUT2D eigenvalue weighted by Gasteiger charge is 2.19. The molecule has 0 atom stereocenters. The zero-order chi connectivity index (χ0) is 15.3. The lowest BCUT2D eigenvalue weighted by molar-refractivity contribution is -0.130. The fourth-order valence-electron chi connectivity index (χ4n) is 1.25. The van der Waals surface area contributed by atoms with Crippen molar-refractivity contribution in [1.29, 1.82) is 0 Å². The molecule has 7 nitrogen and oxygen atoms in total. The Morgan fingerprint density at radius 3 is 2.60 bits per heavy atom. The highest BCUT2D eigenvalue weighted by molar-refractivity contribution is 7.10. The zero-order valence-corrected chi connectivity index (χ0v) is 12.6. The number of aromatic nitrogens is 2. The maximum atomic E-state index is 11.5. The smallest absolute Gasteiger partial charge is 0.414 e. The van der Waals surface area contributed by atoms with Crippen LogP contribution in [0.4, 0.5) is 9.93 Å². The summed E-state index contributed by atoms with van der Waals surface area (Å²) in [6, 6.07) is 0. The first-order chi connectivity index (χ1) is 9.23. The van der Waals surface area contributed by atoms with Crippen LogP contribution in [0.15, 0.2) is 6.08 Å². The quantitative estimate of drug-likeness (QED) is 0.829. The van der Waals surface area contributed by atoms with Crippen molar-refractivity contribution in [3.8, 4) is 0 Å². The van der Waals surface area contributed by atoms with Crippen molar-refractivity contribution in [3.63, 3.8) is 0 Å². The number of nitrogens with zero attached hydrogens (tertiary/aromatic N) is 2. The molecule has 8 heteroatoms. The summed E-state index contributed by atoms with van der Waals surface area (Å²) >= 11 is 0.898. The minimum absolute atomic E-state index is 0.0148. The van der Waals surface area contributed by atoms with E-state index in [-0.39, 0.29) is 16.5 Å². The summed E-state index contributed by atoms with van der Waals surface area (Å²) in [5, 5.41) is 11.7. The molecule has 0 spiro atoms. The number of amides is 1. The predicted molar refractivity (Wildman–Crippen MR) is 75.7 cm³/mol. The molecule has 1 heterocycles. The van der Waals surface area contributed by atoms with Gasteiger partial charge in [0, 0.05) is 11.5 Å². The SMILES string of the molecule is CCC=C(C(=O)O)c1nsc(NC(=O)OC(C)(C)C)n1. The van der Waals surface area contributed by atoms with Gasteiger partial charge >= 0.3 is 12.1 Å². The molecule has 0 saturated carbocycles. The van der Waals surface area contributed by atoms with Crippen LogP contribution in [0.2, 0.25) is 0 Å². The van der Waals surface area contributed by atoms with Crippen LogP contribution in [0.3, 0.4) is 0 Å². The molecule has 1 aromatic heterocycles. The standard InChI is InChI=1S/C12H17N3O4S/c1-5-6-7(9(16)17)8-13-10(20-15-8)14-11(18)19-12(2,3)4/h6H,5H2,1-4H3,(H,16,17)(H,13,14,15,18). The van der Waals surface area contributed by atoms with Crippen LogP contribution in [-0.2, 0) is 9.53 Å². The van der Waals surface area contributed by atoms with Crippen molar-refractivity contribution in [2.75, 3.05) is 5.32 Å². The number of carboxylic acid groups (broad SMARTS) is 1. The van der Waals surface area contributed by atoms with E-state index in [2.05, 4.69) is 14.7 Å². The lowest BCUT2D eigenvalue weighted by atomic mass is 10.2. The number of ether oxygens (including phenoxy) is 1. The molecule has 110 valence electrons. The molecule has 0 aliphatic carbocycles. The second kappa shape index (κ2) is 6.47. The molecule has 1 rings (SSSR count). The third-order valence-corrected chi connectivity index (χ3v) is 2.54. The largest absolute Gasteiger partial charge is 0.478 e. The van der Waals surface area contributed by atoms with Gasteiger partial charge in [-0.15, -0.1) is 0 Å². The number of anilines is 1. The van der Waals surface area contributed by atoms with Crippen LogP contribution < -0.4 is 5.32 Å². The summed E-state index contributed by atoms with van der Waals surface area (Å²) in [5.74, 6) is -1.02. The number of aliphatic carboxylic acids is 1.